The first-order valence-electron chi connectivity index (χ1n) is 9.64. The van der Waals surface area contributed by atoms with Gasteiger partial charge >= 0.3 is 12.1 Å². The van der Waals surface area contributed by atoms with Crippen LogP contribution in [0, 0.1) is 0 Å². The molecule has 0 aliphatic heterocycles. The molecule has 0 bridgehead atoms. The van der Waals surface area contributed by atoms with Crippen molar-refractivity contribution in [1.82, 2.24) is 5.32 Å². The Bertz CT molecular complexity index is 1000. The van der Waals surface area contributed by atoms with Crippen LogP contribution in [-0.4, -0.2) is 17.1 Å². The van der Waals surface area contributed by atoms with Crippen LogP contribution in [-0.2, 0) is 24.1 Å². The summed E-state index contributed by atoms with van der Waals surface area (Å²) in [5, 5.41) is 11.9. The molecule has 1 unspecified atom stereocenters. The highest BCUT2D eigenvalue weighted by Gasteiger charge is 2.36. The maximum absolute atomic E-state index is 13.5. The van der Waals surface area contributed by atoms with Crippen molar-refractivity contribution in [3.63, 3.8) is 0 Å². The first-order valence-corrected chi connectivity index (χ1v) is 10.5. The third-order valence-corrected chi connectivity index (χ3v) is 5.72. The fourth-order valence-corrected chi connectivity index (χ4v) is 4.00. The fraction of sp³-hybridized carbons (Fsp3) is 0.261. The van der Waals surface area contributed by atoms with E-state index in [1.54, 1.807) is 49.4 Å². The van der Waals surface area contributed by atoms with Crippen molar-refractivity contribution < 1.29 is 27.8 Å². The minimum atomic E-state index is -4.43. The molecule has 0 radical (unpaired) electrons. The van der Waals surface area contributed by atoms with Crippen LogP contribution in [0.25, 0.3) is 11.1 Å². The Kier molecular flexibility index (Phi) is 7.35. The summed E-state index contributed by atoms with van der Waals surface area (Å²) >= 11 is 0.692. The fourth-order valence-electron chi connectivity index (χ4n) is 3.04. The van der Waals surface area contributed by atoms with Gasteiger partial charge in [0.25, 0.3) is 0 Å². The molecule has 31 heavy (non-hydrogen) atoms. The van der Waals surface area contributed by atoms with Crippen molar-refractivity contribution in [3.8, 4) is 16.9 Å². The standard InChI is InChI=1S/C23H22F3NO3S/c1-15(11-21(28)29)27-13-16-7-9-18(10-8-16)30-14-19-12-20(17-5-3-2-4-6-17)22(31-19)23(24,25)26/h2-10,12,15,27H,11,13-14H2,1H3,(H,28,29). The molecule has 4 nitrogen and oxygen atoms in total. The quantitative estimate of drug-likeness (QED) is 0.423. The zero-order valence-corrected chi connectivity index (χ0v) is 17.6. The Morgan fingerprint density at radius 2 is 1.81 bits per heavy atom. The highest BCUT2D eigenvalue weighted by atomic mass is 32.1. The number of alkyl halides is 3. The highest BCUT2D eigenvalue weighted by Crippen LogP contribution is 2.43. The van der Waals surface area contributed by atoms with E-state index in [0.717, 1.165) is 5.56 Å². The molecule has 0 fully saturated rings. The van der Waals surface area contributed by atoms with Gasteiger partial charge in [0, 0.05) is 23.0 Å². The Morgan fingerprint density at radius 3 is 2.42 bits per heavy atom. The van der Waals surface area contributed by atoms with E-state index in [2.05, 4.69) is 5.32 Å². The molecule has 1 heterocycles. The lowest BCUT2D eigenvalue weighted by molar-refractivity contribution is -0.137. The summed E-state index contributed by atoms with van der Waals surface area (Å²) < 4.78 is 46.1. The molecule has 2 aromatic carbocycles. The Hall–Kier alpha value is -2.84. The van der Waals surface area contributed by atoms with Crippen LogP contribution in [0.5, 0.6) is 5.75 Å². The molecule has 164 valence electrons. The zero-order valence-electron chi connectivity index (χ0n) is 16.8. The molecule has 8 heteroatoms. The molecule has 1 atom stereocenters. The van der Waals surface area contributed by atoms with Crippen LogP contribution in [0.15, 0.2) is 60.7 Å². The maximum atomic E-state index is 13.5. The minimum Gasteiger partial charge on any atom is -0.488 e. The summed E-state index contributed by atoms with van der Waals surface area (Å²) in [7, 11) is 0. The van der Waals surface area contributed by atoms with Crippen molar-refractivity contribution in [3.05, 3.63) is 76.0 Å². The van der Waals surface area contributed by atoms with Gasteiger partial charge in [0.2, 0.25) is 0 Å². The number of rotatable bonds is 9. The Morgan fingerprint density at radius 1 is 1.13 bits per heavy atom. The number of carboxylic acid groups (broad SMARTS) is 1. The third kappa shape index (κ3) is 6.57. The average molecular weight is 449 g/mol. The molecule has 0 spiro atoms. The summed E-state index contributed by atoms with van der Waals surface area (Å²) in [6.45, 7) is 2.34. The number of nitrogens with one attached hydrogen (secondary N) is 1. The zero-order chi connectivity index (χ0) is 22.4. The van der Waals surface area contributed by atoms with Gasteiger partial charge < -0.3 is 15.2 Å². The van der Waals surface area contributed by atoms with Gasteiger partial charge in [-0.15, -0.1) is 11.3 Å². The van der Waals surface area contributed by atoms with Crippen molar-refractivity contribution in [2.24, 2.45) is 0 Å². The number of carbonyl (C=O) groups is 1. The molecule has 0 aliphatic rings. The van der Waals surface area contributed by atoms with Crippen molar-refractivity contribution in [1.29, 1.82) is 0 Å². The van der Waals surface area contributed by atoms with Crippen molar-refractivity contribution in [2.45, 2.75) is 38.7 Å². The van der Waals surface area contributed by atoms with E-state index >= 15 is 0 Å². The molecular weight excluding hydrogens is 427 g/mol. The van der Waals surface area contributed by atoms with Crippen molar-refractivity contribution >= 4 is 17.3 Å². The number of thiophene rings is 1. The lowest BCUT2D eigenvalue weighted by Gasteiger charge is -2.12. The van der Waals surface area contributed by atoms with E-state index in [1.807, 2.05) is 12.1 Å². The summed E-state index contributed by atoms with van der Waals surface area (Å²) in [6.07, 6.45) is -4.40. The van der Waals surface area contributed by atoms with Gasteiger partial charge in [-0.1, -0.05) is 42.5 Å². The number of aliphatic carboxylic acids is 1. The average Bonchev–Trinajstić information content (AvgIpc) is 3.17. The molecule has 0 amide bonds. The van der Waals surface area contributed by atoms with Crippen LogP contribution >= 0.6 is 11.3 Å². The van der Waals surface area contributed by atoms with Crippen LogP contribution in [0.2, 0.25) is 0 Å². The molecule has 1 aromatic heterocycles. The summed E-state index contributed by atoms with van der Waals surface area (Å²) in [5.41, 5.74) is 1.63. The molecule has 0 saturated carbocycles. The molecule has 0 aliphatic carbocycles. The molecule has 0 saturated heterocycles. The summed E-state index contributed by atoms with van der Waals surface area (Å²) in [4.78, 5) is 10.5. The minimum absolute atomic E-state index is 0.0346. The van der Waals surface area contributed by atoms with Crippen LogP contribution in [0.3, 0.4) is 0 Å². The van der Waals surface area contributed by atoms with Gasteiger partial charge in [-0.2, -0.15) is 13.2 Å². The van der Waals surface area contributed by atoms with Crippen LogP contribution < -0.4 is 10.1 Å². The van der Waals surface area contributed by atoms with Crippen molar-refractivity contribution in [2.75, 3.05) is 0 Å². The van der Waals surface area contributed by atoms with Gasteiger partial charge in [-0.05, 0) is 36.2 Å². The predicted octanol–water partition coefficient (Wildman–Crippen LogP) is 5.97. The van der Waals surface area contributed by atoms with E-state index in [1.165, 1.54) is 6.07 Å². The second-order valence-corrected chi connectivity index (χ2v) is 8.27. The van der Waals surface area contributed by atoms with Gasteiger partial charge in [0.05, 0.1) is 6.42 Å². The van der Waals surface area contributed by atoms with Gasteiger partial charge in [-0.3, -0.25) is 4.79 Å². The second kappa shape index (κ2) is 9.98. The maximum Gasteiger partial charge on any atom is 0.426 e. The number of hydrogen-bond acceptors (Lipinski definition) is 4. The van der Waals surface area contributed by atoms with E-state index in [9.17, 15) is 18.0 Å². The number of carboxylic acids is 1. The molecule has 3 aromatic rings. The predicted molar refractivity (Wildman–Crippen MR) is 114 cm³/mol. The number of benzene rings is 2. The molecular formula is C23H22F3NO3S. The van der Waals surface area contributed by atoms with E-state index in [0.29, 0.717) is 34.1 Å². The van der Waals surface area contributed by atoms with Gasteiger partial charge in [-0.25, -0.2) is 0 Å². The number of hydrogen-bond donors (Lipinski definition) is 2. The topological polar surface area (TPSA) is 58.6 Å². The first kappa shape index (κ1) is 22.8. The largest absolute Gasteiger partial charge is 0.488 e. The summed E-state index contributed by atoms with van der Waals surface area (Å²) in [6, 6.07) is 17.0. The normalized spacial score (nSPS) is 12.5. The second-order valence-electron chi connectivity index (χ2n) is 7.13. The van der Waals surface area contributed by atoms with Crippen LogP contribution in [0.4, 0.5) is 13.2 Å². The first-order chi connectivity index (χ1) is 14.7. The Balaban J connectivity index is 1.63. The van der Waals surface area contributed by atoms with E-state index in [-0.39, 0.29) is 24.6 Å². The molecule has 3 rings (SSSR count). The SMILES string of the molecule is CC(CC(=O)O)NCc1ccc(OCc2cc(-c3ccccc3)c(C(F)(F)F)s2)cc1. The summed E-state index contributed by atoms with van der Waals surface area (Å²) in [5.74, 6) is -0.313. The third-order valence-electron chi connectivity index (χ3n) is 4.57. The number of halogens is 3. The monoisotopic (exact) mass is 449 g/mol. The highest BCUT2D eigenvalue weighted by molar-refractivity contribution is 7.12. The lowest BCUT2D eigenvalue weighted by atomic mass is 10.1. The van der Waals surface area contributed by atoms with Gasteiger partial charge in [0.1, 0.15) is 17.2 Å². The smallest absolute Gasteiger partial charge is 0.426 e. The number of ether oxygens (including phenoxy) is 1. The van der Waals surface area contributed by atoms with Gasteiger partial charge in [0.15, 0.2) is 0 Å². The molecule has 2 N–H and O–H groups in total. The van der Waals surface area contributed by atoms with E-state index in [4.69, 9.17) is 9.84 Å². The Labute approximate surface area is 182 Å². The van der Waals surface area contributed by atoms with E-state index < -0.39 is 17.0 Å². The van der Waals surface area contributed by atoms with Crippen LogP contribution in [0.1, 0.15) is 28.7 Å². The lowest BCUT2D eigenvalue weighted by Crippen LogP contribution is -2.27.